The van der Waals surface area contributed by atoms with Gasteiger partial charge < -0.3 is 9.84 Å². The molecule has 4 heteroatoms. The van der Waals surface area contributed by atoms with Crippen molar-refractivity contribution in [3.63, 3.8) is 0 Å². The normalized spacial score (nSPS) is 15.9. The molecule has 84 valence electrons. The fourth-order valence-corrected chi connectivity index (χ4v) is 1.81. The van der Waals surface area contributed by atoms with Gasteiger partial charge in [-0.05, 0) is 38.2 Å². The Labute approximate surface area is 88.9 Å². The molecule has 0 aromatic heterocycles. The van der Waals surface area contributed by atoms with Gasteiger partial charge in [-0.25, -0.2) is 9.59 Å². The largest absolute Gasteiger partial charge is 0.477 e. The van der Waals surface area contributed by atoms with Crippen LogP contribution in [0.5, 0.6) is 0 Å². The number of hydrogen-bond donors (Lipinski definition) is 1. The molecule has 1 rings (SSSR count). The summed E-state index contributed by atoms with van der Waals surface area (Å²) in [7, 11) is 0. The van der Waals surface area contributed by atoms with Gasteiger partial charge in [0, 0.05) is 0 Å². The first-order chi connectivity index (χ1) is 7.16. The first-order valence-corrected chi connectivity index (χ1v) is 5.29. The quantitative estimate of drug-likeness (QED) is 0.336. The maximum absolute atomic E-state index is 11.4. The second-order valence-electron chi connectivity index (χ2n) is 3.56. The van der Waals surface area contributed by atoms with Crippen molar-refractivity contribution in [2.45, 2.75) is 39.0 Å². The number of carboxylic acids is 1. The van der Waals surface area contributed by atoms with Crippen LogP contribution in [0.25, 0.3) is 0 Å². The van der Waals surface area contributed by atoms with Gasteiger partial charge in [0.2, 0.25) is 0 Å². The third kappa shape index (κ3) is 3.08. The van der Waals surface area contributed by atoms with Crippen LogP contribution in [0.3, 0.4) is 0 Å². The fraction of sp³-hybridized carbons (Fsp3) is 0.636. The van der Waals surface area contributed by atoms with Crippen LogP contribution < -0.4 is 0 Å². The van der Waals surface area contributed by atoms with E-state index in [9.17, 15) is 9.59 Å². The average molecular weight is 212 g/mol. The molecule has 0 bridgehead atoms. The van der Waals surface area contributed by atoms with Gasteiger partial charge in [0.15, 0.2) is 0 Å². The molecular formula is C11H16O4. The summed E-state index contributed by atoms with van der Waals surface area (Å²) in [5.74, 6) is -1.85. The summed E-state index contributed by atoms with van der Waals surface area (Å²) in [4.78, 5) is 22.4. The molecule has 0 aromatic carbocycles. The summed E-state index contributed by atoms with van der Waals surface area (Å²) >= 11 is 0. The first-order valence-electron chi connectivity index (χ1n) is 5.29. The molecule has 1 N–H and O–H groups in total. The number of carbonyl (C=O) groups excluding carboxylic acids is 1. The van der Waals surface area contributed by atoms with E-state index in [0.29, 0.717) is 12.8 Å². The molecular weight excluding hydrogens is 196 g/mol. The van der Waals surface area contributed by atoms with Gasteiger partial charge in [-0.3, -0.25) is 0 Å². The molecule has 0 aromatic rings. The number of esters is 1. The van der Waals surface area contributed by atoms with Gasteiger partial charge in [-0.15, -0.1) is 0 Å². The lowest BCUT2D eigenvalue weighted by Crippen LogP contribution is -2.18. The molecule has 1 saturated carbocycles. The van der Waals surface area contributed by atoms with Crippen molar-refractivity contribution in [1.82, 2.24) is 0 Å². The molecule has 4 nitrogen and oxygen atoms in total. The van der Waals surface area contributed by atoms with Crippen molar-refractivity contribution < 1.29 is 19.4 Å². The number of aliphatic carboxylic acids is 1. The van der Waals surface area contributed by atoms with E-state index in [4.69, 9.17) is 9.84 Å². The Morgan fingerprint density at radius 3 is 2.33 bits per heavy atom. The highest BCUT2D eigenvalue weighted by Crippen LogP contribution is 2.26. The molecule has 0 spiro atoms. The zero-order chi connectivity index (χ0) is 11.3. The maximum atomic E-state index is 11.4. The monoisotopic (exact) mass is 212 g/mol. The van der Waals surface area contributed by atoms with Crippen LogP contribution in [-0.4, -0.2) is 23.7 Å². The van der Waals surface area contributed by atoms with Crippen LogP contribution in [0.4, 0.5) is 0 Å². The Morgan fingerprint density at radius 2 is 1.87 bits per heavy atom. The average Bonchev–Trinajstić information content (AvgIpc) is 2.19. The van der Waals surface area contributed by atoms with Gasteiger partial charge >= 0.3 is 11.9 Å². The SMILES string of the molecule is CCOC(=O)C(C(=O)O)=C1CCCCC1. The Hall–Kier alpha value is -1.32. The van der Waals surface area contributed by atoms with Crippen molar-refractivity contribution in [1.29, 1.82) is 0 Å². The summed E-state index contributed by atoms with van der Waals surface area (Å²) in [6, 6.07) is 0. The predicted molar refractivity (Wildman–Crippen MR) is 54.4 cm³/mol. The van der Waals surface area contributed by atoms with Crippen LogP contribution in [-0.2, 0) is 14.3 Å². The Bertz CT molecular complexity index is 283. The minimum absolute atomic E-state index is 0.142. The Balaban J connectivity index is 2.88. The van der Waals surface area contributed by atoms with E-state index in [2.05, 4.69) is 0 Å². The summed E-state index contributed by atoms with van der Waals surface area (Å²) in [6.07, 6.45) is 4.46. The highest BCUT2D eigenvalue weighted by molar-refractivity contribution is 6.14. The van der Waals surface area contributed by atoms with Gasteiger partial charge in [0.25, 0.3) is 0 Å². The lowest BCUT2D eigenvalue weighted by molar-refractivity contribution is -0.144. The van der Waals surface area contributed by atoms with Crippen LogP contribution in [0.2, 0.25) is 0 Å². The third-order valence-corrected chi connectivity index (χ3v) is 2.50. The van der Waals surface area contributed by atoms with E-state index >= 15 is 0 Å². The highest BCUT2D eigenvalue weighted by atomic mass is 16.5. The number of hydrogen-bond acceptors (Lipinski definition) is 3. The number of ether oxygens (including phenoxy) is 1. The van der Waals surface area contributed by atoms with E-state index < -0.39 is 11.9 Å². The van der Waals surface area contributed by atoms with Crippen LogP contribution in [0.1, 0.15) is 39.0 Å². The molecule has 0 radical (unpaired) electrons. The topological polar surface area (TPSA) is 63.6 Å². The van der Waals surface area contributed by atoms with E-state index in [1.807, 2.05) is 0 Å². The lowest BCUT2D eigenvalue weighted by Gasteiger charge is -2.16. The van der Waals surface area contributed by atoms with Crippen LogP contribution >= 0.6 is 0 Å². The van der Waals surface area contributed by atoms with Crippen molar-refractivity contribution in [2.24, 2.45) is 0 Å². The second-order valence-corrected chi connectivity index (χ2v) is 3.56. The standard InChI is InChI=1S/C11H16O4/c1-2-15-11(14)9(10(12)13)8-6-4-3-5-7-8/h2-7H2,1H3,(H,12,13). The fourth-order valence-electron chi connectivity index (χ4n) is 1.81. The molecule has 0 amide bonds. The third-order valence-electron chi connectivity index (χ3n) is 2.50. The van der Waals surface area contributed by atoms with Gasteiger partial charge in [0.1, 0.15) is 5.57 Å². The molecule has 0 heterocycles. The number of carboxylic acid groups (broad SMARTS) is 1. The molecule has 1 aliphatic rings. The molecule has 15 heavy (non-hydrogen) atoms. The summed E-state index contributed by atoms with van der Waals surface area (Å²) in [5.41, 5.74) is 0.601. The zero-order valence-electron chi connectivity index (χ0n) is 8.91. The number of carbonyl (C=O) groups is 2. The maximum Gasteiger partial charge on any atom is 0.345 e. The van der Waals surface area contributed by atoms with Crippen molar-refractivity contribution in [3.05, 3.63) is 11.1 Å². The summed E-state index contributed by atoms with van der Waals surface area (Å²) < 4.78 is 4.74. The molecule has 0 unspecified atom stereocenters. The second kappa shape index (κ2) is 5.53. The van der Waals surface area contributed by atoms with Crippen molar-refractivity contribution in [2.75, 3.05) is 6.61 Å². The van der Waals surface area contributed by atoms with Gasteiger partial charge in [-0.1, -0.05) is 6.42 Å². The lowest BCUT2D eigenvalue weighted by atomic mass is 9.91. The van der Waals surface area contributed by atoms with Gasteiger partial charge in [-0.2, -0.15) is 0 Å². The minimum Gasteiger partial charge on any atom is -0.477 e. The molecule has 0 saturated heterocycles. The zero-order valence-corrected chi connectivity index (χ0v) is 8.91. The van der Waals surface area contributed by atoms with Crippen molar-refractivity contribution in [3.8, 4) is 0 Å². The number of allylic oxidation sites excluding steroid dienone is 1. The van der Waals surface area contributed by atoms with Crippen molar-refractivity contribution >= 4 is 11.9 Å². The summed E-state index contributed by atoms with van der Waals surface area (Å²) in [6.45, 7) is 1.88. The summed E-state index contributed by atoms with van der Waals surface area (Å²) in [5, 5.41) is 8.96. The van der Waals surface area contributed by atoms with Gasteiger partial charge in [0.05, 0.1) is 6.61 Å². The van der Waals surface area contributed by atoms with E-state index in [1.165, 1.54) is 0 Å². The van der Waals surface area contributed by atoms with Crippen LogP contribution in [0, 0.1) is 0 Å². The van der Waals surface area contributed by atoms with E-state index in [-0.39, 0.29) is 12.2 Å². The molecule has 1 aliphatic carbocycles. The van der Waals surface area contributed by atoms with E-state index in [1.54, 1.807) is 6.92 Å². The Kier molecular flexibility index (Phi) is 4.34. The highest BCUT2D eigenvalue weighted by Gasteiger charge is 2.24. The number of rotatable bonds is 3. The van der Waals surface area contributed by atoms with E-state index in [0.717, 1.165) is 24.8 Å². The Morgan fingerprint density at radius 1 is 1.27 bits per heavy atom. The smallest absolute Gasteiger partial charge is 0.345 e. The predicted octanol–water partition coefficient (Wildman–Crippen LogP) is 1.89. The molecule has 1 fully saturated rings. The van der Waals surface area contributed by atoms with Crippen LogP contribution in [0.15, 0.2) is 11.1 Å². The molecule has 0 aliphatic heterocycles. The minimum atomic E-state index is -1.16. The first kappa shape index (κ1) is 11.8. The molecule has 0 atom stereocenters.